The summed E-state index contributed by atoms with van der Waals surface area (Å²) in [7, 11) is -3.63. The van der Waals surface area contributed by atoms with Crippen LogP contribution in [0.25, 0.3) is 10.8 Å². The van der Waals surface area contributed by atoms with Crippen molar-refractivity contribution in [1.82, 2.24) is 15.0 Å². The molecular weight excluding hydrogens is 362 g/mol. The maximum Gasteiger partial charge on any atom is 0.241 e. The first-order valence-electron chi connectivity index (χ1n) is 8.33. The first-order chi connectivity index (χ1) is 11.6. The smallest absolute Gasteiger partial charge is 0.241 e. The number of pyridine rings is 1. The molecule has 0 unspecified atom stereocenters. The van der Waals surface area contributed by atoms with Crippen molar-refractivity contribution in [2.75, 3.05) is 19.6 Å². The van der Waals surface area contributed by atoms with Gasteiger partial charge in [0.25, 0.3) is 0 Å². The highest BCUT2D eigenvalue weighted by atomic mass is 35.5. The van der Waals surface area contributed by atoms with Crippen LogP contribution in [0.4, 0.5) is 0 Å². The van der Waals surface area contributed by atoms with Crippen molar-refractivity contribution in [3.8, 4) is 5.88 Å². The van der Waals surface area contributed by atoms with E-state index in [9.17, 15) is 13.5 Å². The number of nitrogens with zero attached hydrogens (tertiary/aromatic N) is 1. The van der Waals surface area contributed by atoms with E-state index in [1.807, 2.05) is 0 Å². The second kappa shape index (κ2) is 10.6. The van der Waals surface area contributed by atoms with E-state index in [4.69, 9.17) is 0 Å². The number of nitrogens with one attached hydrogen (secondary N) is 2. The van der Waals surface area contributed by atoms with Gasteiger partial charge in [-0.05, 0) is 31.2 Å². The number of aromatic nitrogens is 1. The van der Waals surface area contributed by atoms with Crippen LogP contribution in [0.5, 0.6) is 5.88 Å². The molecule has 2 rings (SSSR count). The van der Waals surface area contributed by atoms with Gasteiger partial charge < -0.3 is 10.4 Å². The lowest BCUT2D eigenvalue weighted by molar-refractivity contribution is 0.460. The molecule has 0 atom stereocenters. The molecule has 0 radical (unpaired) electrons. The molecule has 0 aliphatic rings. The Balaban J connectivity index is 0.00000312. The molecule has 0 aliphatic carbocycles. The number of rotatable bonds is 10. The number of hydrogen-bond donors (Lipinski definition) is 3. The zero-order valence-electron chi connectivity index (χ0n) is 14.4. The van der Waals surface area contributed by atoms with E-state index in [1.54, 1.807) is 18.2 Å². The van der Waals surface area contributed by atoms with Gasteiger partial charge in [-0.2, -0.15) is 0 Å². The highest BCUT2D eigenvalue weighted by molar-refractivity contribution is 7.89. The van der Waals surface area contributed by atoms with Crippen LogP contribution in [0.15, 0.2) is 35.4 Å². The SMILES string of the molecule is CCCCCCNCCNS(=O)(=O)c1cccc2c(O)nccc12.Cl. The summed E-state index contributed by atoms with van der Waals surface area (Å²) in [6, 6.07) is 6.37. The van der Waals surface area contributed by atoms with E-state index in [0.717, 1.165) is 13.0 Å². The van der Waals surface area contributed by atoms with Crippen LogP contribution in [0, 0.1) is 0 Å². The molecular formula is C17H26ClN3O3S. The first kappa shape index (κ1) is 21.6. The summed E-state index contributed by atoms with van der Waals surface area (Å²) in [5.41, 5.74) is 0. The lowest BCUT2D eigenvalue weighted by Gasteiger charge is -2.10. The second-order valence-corrected chi connectivity index (χ2v) is 7.43. The lowest BCUT2D eigenvalue weighted by atomic mass is 10.2. The Morgan fingerprint density at radius 2 is 1.84 bits per heavy atom. The van der Waals surface area contributed by atoms with E-state index in [1.165, 1.54) is 31.5 Å². The van der Waals surface area contributed by atoms with Gasteiger partial charge in [-0.1, -0.05) is 32.3 Å². The quantitative estimate of drug-likeness (QED) is 0.545. The third kappa shape index (κ3) is 6.11. The summed E-state index contributed by atoms with van der Waals surface area (Å²) < 4.78 is 27.6. The fourth-order valence-corrected chi connectivity index (χ4v) is 3.80. The maximum absolute atomic E-state index is 12.5. The molecule has 0 bridgehead atoms. The predicted octanol–water partition coefficient (Wildman–Crippen LogP) is 2.81. The molecule has 0 saturated heterocycles. The lowest BCUT2D eigenvalue weighted by Crippen LogP contribution is -2.32. The van der Waals surface area contributed by atoms with Crippen LogP contribution in [-0.4, -0.2) is 38.1 Å². The van der Waals surface area contributed by atoms with Crippen LogP contribution in [0.2, 0.25) is 0 Å². The zero-order chi connectivity index (χ0) is 17.4. The Bertz CT molecular complexity index is 769. The summed E-state index contributed by atoms with van der Waals surface area (Å²) in [5.74, 6) is -0.168. The van der Waals surface area contributed by atoms with Gasteiger partial charge in [0.1, 0.15) is 0 Å². The number of fused-ring (bicyclic) bond motifs is 1. The molecule has 8 heteroatoms. The third-order valence-corrected chi connectivity index (χ3v) is 5.35. The maximum atomic E-state index is 12.5. The van der Waals surface area contributed by atoms with Crippen molar-refractivity contribution in [1.29, 1.82) is 0 Å². The number of sulfonamides is 1. The van der Waals surface area contributed by atoms with Crippen LogP contribution in [0.1, 0.15) is 32.6 Å². The molecule has 0 amide bonds. The van der Waals surface area contributed by atoms with Crippen LogP contribution in [0.3, 0.4) is 0 Å². The topological polar surface area (TPSA) is 91.3 Å². The highest BCUT2D eigenvalue weighted by Crippen LogP contribution is 2.27. The molecule has 1 heterocycles. The fraction of sp³-hybridized carbons (Fsp3) is 0.471. The van der Waals surface area contributed by atoms with Gasteiger partial charge in [0, 0.05) is 30.1 Å². The number of halogens is 1. The van der Waals surface area contributed by atoms with Crippen LogP contribution in [-0.2, 0) is 10.0 Å². The van der Waals surface area contributed by atoms with Gasteiger partial charge in [-0.15, -0.1) is 12.4 Å². The van der Waals surface area contributed by atoms with Crippen molar-refractivity contribution >= 4 is 33.2 Å². The number of unbranched alkanes of at least 4 members (excludes halogenated alkanes) is 3. The van der Waals surface area contributed by atoms with Crippen molar-refractivity contribution < 1.29 is 13.5 Å². The summed E-state index contributed by atoms with van der Waals surface area (Å²) in [6.45, 7) is 3.98. The molecule has 0 aliphatic heterocycles. The van der Waals surface area contributed by atoms with Crippen molar-refractivity contribution in [3.63, 3.8) is 0 Å². The fourth-order valence-electron chi connectivity index (χ4n) is 2.55. The number of aromatic hydroxyl groups is 1. The monoisotopic (exact) mass is 387 g/mol. The van der Waals surface area contributed by atoms with E-state index in [-0.39, 0.29) is 23.2 Å². The molecule has 0 fully saturated rings. The molecule has 2 aromatic rings. The first-order valence-corrected chi connectivity index (χ1v) is 9.81. The van der Waals surface area contributed by atoms with E-state index < -0.39 is 10.0 Å². The van der Waals surface area contributed by atoms with Crippen LogP contribution >= 0.6 is 12.4 Å². The van der Waals surface area contributed by atoms with Gasteiger partial charge in [0.05, 0.1) is 4.90 Å². The Labute approximate surface area is 155 Å². The van der Waals surface area contributed by atoms with Gasteiger partial charge >= 0.3 is 0 Å². The second-order valence-electron chi connectivity index (χ2n) is 5.69. The molecule has 3 N–H and O–H groups in total. The Kier molecular flexibility index (Phi) is 9.13. The molecule has 0 spiro atoms. The zero-order valence-corrected chi connectivity index (χ0v) is 16.0. The largest absolute Gasteiger partial charge is 0.493 e. The molecule has 6 nitrogen and oxygen atoms in total. The van der Waals surface area contributed by atoms with Gasteiger partial charge in [0.15, 0.2) is 0 Å². The van der Waals surface area contributed by atoms with Crippen molar-refractivity contribution in [2.24, 2.45) is 0 Å². The highest BCUT2D eigenvalue weighted by Gasteiger charge is 2.17. The average molecular weight is 388 g/mol. The summed E-state index contributed by atoms with van der Waals surface area (Å²) in [6.07, 6.45) is 6.14. The van der Waals surface area contributed by atoms with Gasteiger partial charge in [0.2, 0.25) is 15.9 Å². The van der Waals surface area contributed by atoms with E-state index in [2.05, 4.69) is 21.9 Å². The average Bonchev–Trinajstić information content (AvgIpc) is 2.57. The minimum atomic E-state index is -3.63. The number of hydrogen-bond acceptors (Lipinski definition) is 5. The molecule has 1 aromatic carbocycles. The Morgan fingerprint density at radius 3 is 2.60 bits per heavy atom. The Hall–Kier alpha value is -1.41. The van der Waals surface area contributed by atoms with Crippen molar-refractivity contribution in [3.05, 3.63) is 30.5 Å². The van der Waals surface area contributed by atoms with Gasteiger partial charge in [-0.3, -0.25) is 0 Å². The molecule has 1 aromatic heterocycles. The van der Waals surface area contributed by atoms with E-state index >= 15 is 0 Å². The van der Waals surface area contributed by atoms with Crippen molar-refractivity contribution in [2.45, 2.75) is 37.5 Å². The molecule has 0 saturated carbocycles. The number of benzene rings is 1. The standard InChI is InChI=1S/C17H25N3O3S.ClH/c1-2-3-4-5-10-18-12-13-20-24(22,23)16-8-6-7-15-14(16)9-11-19-17(15)21;/h6-9,11,18,20H,2-5,10,12-13H2,1H3,(H,19,21);1H. The normalized spacial score (nSPS) is 11.4. The summed E-state index contributed by atoms with van der Waals surface area (Å²) in [4.78, 5) is 3.93. The Morgan fingerprint density at radius 1 is 1.04 bits per heavy atom. The minimum Gasteiger partial charge on any atom is -0.493 e. The van der Waals surface area contributed by atoms with Gasteiger partial charge in [-0.25, -0.2) is 18.1 Å². The molecule has 25 heavy (non-hydrogen) atoms. The van der Waals surface area contributed by atoms with E-state index in [0.29, 0.717) is 23.9 Å². The minimum absolute atomic E-state index is 0. The van der Waals surface area contributed by atoms with Crippen LogP contribution < -0.4 is 10.0 Å². The molecule has 140 valence electrons. The predicted molar refractivity (Wildman–Crippen MR) is 103 cm³/mol. The summed E-state index contributed by atoms with van der Waals surface area (Å²) >= 11 is 0. The third-order valence-electron chi connectivity index (χ3n) is 3.84. The summed E-state index contributed by atoms with van der Waals surface area (Å²) in [5, 5.41) is 13.9.